The number of likely N-dealkylation sites (tertiary alicyclic amines) is 2. The normalized spacial score (nSPS) is 28.2. The number of carbonyl (C=O) groups is 1. The highest BCUT2D eigenvalue weighted by Crippen LogP contribution is 2.38. The predicted octanol–water partition coefficient (Wildman–Crippen LogP) is 0.966. The Hall–Kier alpha value is -0.610. The highest BCUT2D eigenvalue weighted by Gasteiger charge is 2.50. The molecule has 1 amide bonds. The molecule has 2 saturated heterocycles. The van der Waals surface area contributed by atoms with Crippen LogP contribution in [0.1, 0.15) is 26.7 Å². The van der Waals surface area contributed by atoms with E-state index in [0.29, 0.717) is 5.92 Å². The van der Waals surface area contributed by atoms with E-state index < -0.39 is 0 Å². The number of rotatable bonds is 3. The maximum Gasteiger partial charge on any atom is 0.219 e. The van der Waals surface area contributed by atoms with Crippen LogP contribution in [0, 0.1) is 5.92 Å². The number of piperidine rings is 1. The Labute approximate surface area is 104 Å². The molecule has 2 fully saturated rings. The molecule has 0 bridgehead atoms. The summed E-state index contributed by atoms with van der Waals surface area (Å²) < 4.78 is 5.55. The van der Waals surface area contributed by atoms with Gasteiger partial charge in [-0.25, -0.2) is 0 Å². The summed E-state index contributed by atoms with van der Waals surface area (Å²) in [6.45, 7) is 8.33. The van der Waals surface area contributed by atoms with Gasteiger partial charge in [0.15, 0.2) is 0 Å². The summed E-state index contributed by atoms with van der Waals surface area (Å²) in [7, 11) is 2.19. The van der Waals surface area contributed by atoms with Crippen molar-refractivity contribution in [2.45, 2.75) is 32.2 Å². The Morgan fingerprint density at radius 1 is 1.47 bits per heavy atom. The van der Waals surface area contributed by atoms with Gasteiger partial charge in [0.25, 0.3) is 0 Å². The van der Waals surface area contributed by atoms with Crippen molar-refractivity contribution in [2.24, 2.45) is 5.92 Å². The zero-order chi connectivity index (χ0) is 12.5. The summed E-state index contributed by atoms with van der Waals surface area (Å²) in [5.74, 6) is 0.871. The minimum absolute atomic E-state index is 0.205. The zero-order valence-electron chi connectivity index (χ0n) is 11.2. The number of nitrogens with zero attached hydrogens (tertiary/aromatic N) is 2. The van der Waals surface area contributed by atoms with E-state index in [4.69, 9.17) is 4.74 Å². The van der Waals surface area contributed by atoms with Crippen LogP contribution in [0.25, 0.3) is 0 Å². The Bertz CT molecular complexity index is 285. The summed E-state index contributed by atoms with van der Waals surface area (Å²) in [4.78, 5) is 15.7. The van der Waals surface area contributed by atoms with Crippen molar-refractivity contribution in [1.29, 1.82) is 0 Å². The van der Waals surface area contributed by atoms with Gasteiger partial charge in [-0.3, -0.25) is 9.69 Å². The molecule has 17 heavy (non-hydrogen) atoms. The maximum absolute atomic E-state index is 11.3. The van der Waals surface area contributed by atoms with Crippen molar-refractivity contribution in [3.05, 3.63) is 0 Å². The van der Waals surface area contributed by atoms with Crippen LogP contribution >= 0.6 is 0 Å². The largest absolute Gasteiger partial charge is 0.381 e. The molecule has 2 aliphatic rings. The minimum Gasteiger partial charge on any atom is -0.381 e. The number of hydrogen-bond donors (Lipinski definition) is 0. The lowest BCUT2D eigenvalue weighted by Gasteiger charge is -2.58. The second-order valence-corrected chi connectivity index (χ2v) is 5.54. The number of ether oxygens (including phenoxy) is 1. The van der Waals surface area contributed by atoms with Gasteiger partial charge in [-0.15, -0.1) is 0 Å². The van der Waals surface area contributed by atoms with Crippen LogP contribution in [0.3, 0.4) is 0 Å². The average Bonchev–Trinajstić information content (AvgIpc) is 2.24. The third-order valence-electron chi connectivity index (χ3n) is 4.32. The van der Waals surface area contributed by atoms with Gasteiger partial charge in [0.1, 0.15) is 0 Å². The topological polar surface area (TPSA) is 32.8 Å². The first-order valence-corrected chi connectivity index (χ1v) is 6.62. The standard InChI is InChI=1S/C13H24N2O2/c1-4-17-8-12-5-6-14(3)13(7-12)9-15(10-13)11(2)16/h12H,4-10H2,1-3H3/t12-/m0/s1. The summed E-state index contributed by atoms with van der Waals surface area (Å²) in [5, 5.41) is 0. The Morgan fingerprint density at radius 3 is 2.76 bits per heavy atom. The van der Waals surface area contributed by atoms with E-state index in [1.165, 1.54) is 12.8 Å². The second-order valence-electron chi connectivity index (χ2n) is 5.54. The maximum atomic E-state index is 11.3. The molecule has 4 nitrogen and oxygen atoms in total. The number of amides is 1. The lowest BCUT2D eigenvalue weighted by Crippen LogP contribution is -2.72. The van der Waals surface area contributed by atoms with Crippen molar-refractivity contribution in [3.8, 4) is 0 Å². The molecule has 0 unspecified atom stereocenters. The molecular weight excluding hydrogens is 216 g/mol. The second kappa shape index (κ2) is 4.94. The molecule has 0 aromatic carbocycles. The van der Waals surface area contributed by atoms with E-state index in [1.54, 1.807) is 6.92 Å². The van der Waals surface area contributed by atoms with Crippen LogP contribution in [-0.2, 0) is 9.53 Å². The average molecular weight is 240 g/mol. The van der Waals surface area contributed by atoms with Gasteiger partial charge in [0.2, 0.25) is 5.91 Å². The molecule has 2 aliphatic heterocycles. The van der Waals surface area contributed by atoms with Crippen LogP contribution in [-0.4, -0.2) is 61.1 Å². The van der Waals surface area contributed by atoms with E-state index in [-0.39, 0.29) is 11.4 Å². The van der Waals surface area contributed by atoms with Crippen LogP contribution in [0.2, 0.25) is 0 Å². The monoisotopic (exact) mass is 240 g/mol. The summed E-state index contributed by atoms with van der Waals surface area (Å²) >= 11 is 0. The number of hydrogen-bond acceptors (Lipinski definition) is 3. The smallest absolute Gasteiger partial charge is 0.219 e. The molecule has 0 radical (unpaired) electrons. The van der Waals surface area contributed by atoms with E-state index in [0.717, 1.165) is 32.8 Å². The van der Waals surface area contributed by atoms with E-state index >= 15 is 0 Å². The molecule has 0 N–H and O–H groups in total. The molecular formula is C13H24N2O2. The highest BCUT2D eigenvalue weighted by atomic mass is 16.5. The predicted molar refractivity (Wildman–Crippen MR) is 66.8 cm³/mol. The molecule has 1 spiro atoms. The van der Waals surface area contributed by atoms with Crippen molar-refractivity contribution in [3.63, 3.8) is 0 Å². The fourth-order valence-corrected chi connectivity index (χ4v) is 3.09. The molecule has 98 valence electrons. The van der Waals surface area contributed by atoms with Gasteiger partial charge >= 0.3 is 0 Å². The third-order valence-corrected chi connectivity index (χ3v) is 4.32. The third kappa shape index (κ3) is 2.47. The summed E-state index contributed by atoms with van der Waals surface area (Å²) in [6, 6.07) is 0. The quantitative estimate of drug-likeness (QED) is 0.737. The molecule has 4 heteroatoms. The first-order valence-electron chi connectivity index (χ1n) is 6.62. The Morgan fingerprint density at radius 2 is 2.18 bits per heavy atom. The lowest BCUT2D eigenvalue weighted by atomic mass is 9.75. The van der Waals surface area contributed by atoms with Gasteiger partial charge in [-0.05, 0) is 39.3 Å². The van der Waals surface area contributed by atoms with Gasteiger partial charge in [0.05, 0.1) is 5.54 Å². The van der Waals surface area contributed by atoms with Crippen LogP contribution in [0.5, 0.6) is 0 Å². The number of likely N-dealkylation sites (N-methyl/N-ethyl adjacent to an activating group) is 1. The van der Waals surface area contributed by atoms with Crippen LogP contribution in [0.4, 0.5) is 0 Å². The van der Waals surface area contributed by atoms with Crippen molar-refractivity contribution < 1.29 is 9.53 Å². The van der Waals surface area contributed by atoms with Crippen molar-refractivity contribution in [2.75, 3.05) is 39.9 Å². The fraction of sp³-hybridized carbons (Fsp3) is 0.923. The van der Waals surface area contributed by atoms with E-state index in [9.17, 15) is 4.79 Å². The van der Waals surface area contributed by atoms with Crippen LogP contribution < -0.4 is 0 Å². The highest BCUT2D eigenvalue weighted by molar-refractivity contribution is 5.74. The minimum atomic E-state index is 0.205. The molecule has 0 aromatic heterocycles. The van der Waals surface area contributed by atoms with Crippen molar-refractivity contribution >= 4 is 5.91 Å². The van der Waals surface area contributed by atoms with Crippen LogP contribution in [0.15, 0.2) is 0 Å². The van der Waals surface area contributed by atoms with E-state index in [1.807, 2.05) is 11.8 Å². The van der Waals surface area contributed by atoms with Gasteiger partial charge in [-0.1, -0.05) is 0 Å². The molecule has 0 aromatic rings. The summed E-state index contributed by atoms with van der Waals surface area (Å²) in [5.41, 5.74) is 0.242. The Balaban J connectivity index is 1.90. The fourth-order valence-electron chi connectivity index (χ4n) is 3.09. The van der Waals surface area contributed by atoms with Gasteiger partial charge < -0.3 is 9.64 Å². The zero-order valence-corrected chi connectivity index (χ0v) is 11.2. The summed E-state index contributed by atoms with van der Waals surface area (Å²) in [6.07, 6.45) is 2.39. The number of carbonyl (C=O) groups excluding carboxylic acids is 1. The first-order chi connectivity index (χ1) is 8.07. The molecule has 0 saturated carbocycles. The molecule has 2 heterocycles. The molecule has 0 aliphatic carbocycles. The Kier molecular flexibility index (Phi) is 3.73. The van der Waals surface area contributed by atoms with Gasteiger partial charge in [0, 0.05) is 33.2 Å². The SMILES string of the molecule is CCOC[C@H]1CCN(C)C2(C1)CN(C(C)=O)C2. The molecule has 2 rings (SSSR count). The van der Waals surface area contributed by atoms with Gasteiger partial charge in [-0.2, -0.15) is 0 Å². The molecule has 1 atom stereocenters. The van der Waals surface area contributed by atoms with Crippen molar-refractivity contribution in [1.82, 2.24) is 9.80 Å². The first kappa shape index (κ1) is 12.8. The lowest BCUT2D eigenvalue weighted by molar-refractivity contribution is -0.148. The van der Waals surface area contributed by atoms with E-state index in [2.05, 4.69) is 11.9 Å².